The smallest absolute Gasteiger partial charge is 0.269 e. The van der Waals surface area contributed by atoms with E-state index in [9.17, 15) is 13.5 Å². The lowest BCUT2D eigenvalue weighted by molar-refractivity contribution is 0.0629. The average molecular weight is 525 g/mol. The van der Waals surface area contributed by atoms with E-state index in [4.69, 9.17) is 4.42 Å². The summed E-state index contributed by atoms with van der Waals surface area (Å²) in [5.74, 6) is 0.768. The van der Waals surface area contributed by atoms with Gasteiger partial charge in [-0.2, -0.15) is 0 Å². The van der Waals surface area contributed by atoms with E-state index >= 15 is 4.39 Å². The first kappa shape index (κ1) is 23.8. The van der Waals surface area contributed by atoms with Crippen LogP contribution in [0.15, 0.2) is 70.7 Å². The molecular weight excluding hydrogens is 499 g/mol. The van der Waals surface area contributed by atoms with E-state index in [1.165, 1.54) is 30.9 Å². The Kier molecular flexibility index (Phi) is 5.62. The molecule has 2 N–H and O–H groups in total. The van der Waals surface area contributed by atoms with Crippen LogP contribution in [0, 0.1) is 0 Å². The van der Waals surface area contributed by atoms with Crippen molar-refractivity contribution in [2.75, 3.05) is 13.1 Å². The van der Waals surface area contributed by atoms with Crippen molar-refractivity contribution in [3.63, 3.8) is 0 Å². The number of benzene rings is 1. The molecule has 1 saturated heterocycles. The van der Waals surface area contributed by atoms with Crippen molar-refractivity contribution in [2.24, 2.45) is 0 Å². The minimum atomic E-state index is -3.94. The van der Waals surface area contributed by atoms with Gasteiger partial charge < -0.3 is 19.4 Å². The molecule has 0 saturated carbocycles. The summed E-state index contributed by atoms with van der Waals surface area (Å²) in [4.78, 5) is 13.2. The normalized spacial score (nSPS) is 21.5. The van der Waals surface area contributed by atoms with E-state index in [0.29, 0.717) is 35.1 Å². The zero-order valence-electron chi connectivity index (χ0n) is 20.0. The van der Waals surface area contributed by atoms with Crippen LogP contribution in [0.25, 0.3) is 22.1 Å². The summed E-state index contributed by atoms with van der Waals surface area (Å²) in [6, 6.07) is 9.73. The van der Waals surface area contributed by atoms with Gasteiger partial charge in [-0.25, -0.2) is 31.7 Å². The molecule has 3 atom stereocenters. The van der Waals surface area contributed by atoms with E-state index in [2.05, 4.69) is 20.3 Å². The number of hydrogen-bond acceptors (Lipinski definition) is 8. The minimum absolute atomic E-state index is 0.102. The molecule has 5 heterocycles. The van der Waals surface area contributed by atoms with Gasteiger partial charge >= 0.3 is 0 Å². The van der Waals surface area contributed by atoms with Gasteiger partial charge in [-0.1, -0.05) is 18.2 Å². The number of oxazole rings is 1. The van der Waals surface area contributed by atoms with Crippen molar-refractivity contribution in [1.82, 2.24) is 28.8 Å². The first-order valence-corrected chi connectivity index (χ1v) is 13.4. The number of alkyl halides is 1. The maximum atomic E-state index is 16.1. The molecule has 10 nitrogen and oxygen atoms in total. The third kappa shape index (κ3) is 3.66. The van der Waals surface area contributed by atoms with Crippen LogP contribution in [-0.4, -0.2) is 56.3 Å². The van der Waals surface area contributed by atoms with Crippen molar-refractivity contribution in [2.45, 2.75) is 42.5 Å². The Morgan fingerprint density at radius 3 is 2.78 bits per heavy atom. The second kappa shape index (κ2) is 8.75. The second-order valence-electron chi connectivity index (χ2n) is 9.31. The van der Waals surface area contributed by atoms with Gasteiger partial charge in [0.1, 0.15) is 29.4 Å². The highest BCUT2D eigenvalue weighted by molar-refractivity contribution is 7.90. The van der Waals surface area contributed by atoms with Gasteiger partial charge in [-0.05, 0) is 38.1 Å². The summed E-state index contributed by atoms with van der Waals surface area (Å²) in [5, 5.41) is 14.3. The first-order valence-electron chi connectivity index (χ1n) is 11.9. The average Bonchev–Trinajstić information content (AvgIpc) is 3.64. The zero-order chi connectivity index (χ0) is 25.8. The number of pyridine rings is 1. The first-order chi connectivity index (χ1) is 17.8. The number of aliphatic hydroxyl groups is 1. The van der Waals surface area contributed by atoms with Gasteiger partial charge in [0.2, 0.25) is 0 Å². The fourth-order valence-electron chi connectivity index (χ4n) is 5.32. The molecule has 1 fully saturated rings. The Bertz CT molecular complexity index is 1680. The van der Waals surface area contributed by atoms with Crippen LogP contribution >= 0.6 is 0 Å². The second-order valence-corrected chi connectivity index (χ2v) is 11.1. The topological polar surface area (TPSA) is 128 Å². The highest BCUT2D eigenvalue weighted by Gasteiger charge is 2.47. The Balaban J connectivity index is 1.65. The highest BCUT2D eigenvalue weighted by atomic mass is 32.2. The Labute approximate surface area is 211 Å². The summed E-state index contributed by atoms with van der Waals surface area (Å²) in [6.45, 7) is 2.21. The maximum Gasteiger partial charge on any atom is 0.269 e. The standard InChI is InChI=1S/C25H25FN6O4S/c1-16(33)23-30-20-13-29-24-19(7-10-31(24)37(34,35)18-5-3-2-4-6-18)22(20)32(23)25(8-9-27-14-21(25)26)11-17-12-28-15-36-17/h2-7,10,12-13,15-16,21,27,33H,8-9,11,14H2,1H3/t16-,21-,25+/m1/s1. The molecule has 12 heteroatoms. The lowest BCUT2D eigenvalue weighted by atomic mass is 9.81. The van der Waals surface area contributed by atoms with Crippen molar-refractivity contribution < 1.29 is 22.3 Å². The van der Waals surface area contributed by atoms with Crippen molar-refractivity contribution in [3.05, 3.63) is 73.0 Å². The SMILES string of the molecule is C[C@@H](O)c1nc2cnc3c(ccn3S(=O)(=O)c3ccccc3)c2n1[C@]1(Cc2cnco2)CCNC[C@H]1F. The number of imidazole rings is 1. The summed E-state index contributed by atoms with van der Waals surface area (Å²) >= 11 is 0. The number of aliphatic hydroxyl groups excluding tert-OH is 1. The molecule has 0 spiro atoms. The number of hydrogen-bond donors (Lipinski definition) is 2. The lowest BCUT2D eigenvalue weighted by Crippen LogP contribution is -2.55. The molecule has 5 aromatic rings. The molecule has 0 bridgehead atoms. The van der Waals surface area contributed by atoms with E-state index < -0.39 is 27.8 Å². The predicted octanol–water partition coefficient (Wildman–Crippen LogP) is 2.93. The number of aromatic nitrogens is 5. The third-order valence-corrected chi connectivity index (χ3v) is 8.73. The summed E-state index contributed by atoms with van der Waals surface area (Å²) in [7, 11) is -3.94. The van der Waals surface area contributed by atoms with E-state index in [0.717, 1.165) is 3.97 Å². The van der Waals surface area contributed by atoms with Crippen LogP contribution in [0.2, 0.25) is 0 Å². The van der Waals surface area contributed by atoms with Gasteiger partial charge in [0.15, 0.2) is 12.0 Å². The predicted molar refractivity (Wildman–Crippen MR) is 133 cm³/mol. The van der Waals surface area contributed by atoms with Gasteiger partial charge in [0.25, 0.3) is 10.0 Å². The van der Waals surface area contributed by atoms with Crippen LogP contribution < -0.4 is 5.32 Å². The third-order valence-electron chi connectivity index (χ3n) is 7.04. The summed E-state index contributed by atoms with van der Waals surface area (Å²) in [5.41, 5.74) is -0.0395. The summed E-state index contributed by atoms with van der Waals surface area (Å²) in [6.07, 6.45) is 3.93. The van der Waals surface area contributed by atoms with Crippen LogP contribution in [0.4, 0.5) is 4.39 Å². The molecule has 0 aliphatic carbocycles. The number of fused-ring (bicyclic) bond motifs is 3. The maximum absolute atomic E-state index is 16.1. The van der Waals surface area contributed by atoms with Crippen LogP contribution in [0.1, 0.15) is 31.0 Å². The highest BCUT2D eigenvalue weighted by Crippen LogP contribution is 2.41. The molecule has 6 rings (SSSR count). The van der Waals surface area contributed by atoms with Gasteiger partial charge in [0, 0.05) is 24.5 Å². The molecule has 1 aliphatic heterocycles. The molecule has 4 aromatic heterocycles. The molecule has 0 amide bonds. The Morgan fingerprint density at radius 2 is 2.08 bits per heavy atom. The summed E-state index contributed by atoms with van der Waals surface area (Å²) < 4.78 is 51.3. The van der Waals surface area contributed by atoms with E-state index in [-0.39, 0.29) is 29.3 Å². The monoisotopic (exact) mass is 524 g/mol. The Hall–Kier alpha value is -3.61. The molecule has 0 unspecified atom stereocenters. The fourth-order valence-corrected chi connectivity index (χ4v) is 6.64. The van der Waals surface area contributed by atoms with Crippen LogP contribution in [0.3, 0.4) is 0 Å². The lowest BCUT2D eigenvalue weighted by Gasteiger charge is -2.42. The number of halogens is 1. The van der Waals surface area contributed by atoms with Crippen LogP contribution in [0.5, 0.6) is 0 Å². The van der Waals surface area contributed by atoms with Crippen molar-refractivity contribution >= 4 is 32.1 Å². The minimum Gasteiger partial charge on any atom is -0.448 e. The Morgan fingerprint density at radius 1 is 1.27 bits per heavy atom. The zero-order valence-corrected chi connectivity index (χ0v) is 20.8. The number of nitrogens with zero attached hydrogens (tertiary/aromatic N) is 5. The van der Waals surface area contributed by atoms with E-state index in [1.54, 1.807) is 42.0 Å². The molecule has 37 heavy (non-hydrogen) atoms. The quantitative estimate of drug-likeness (QED) is 0.347. The molecular formula is C25H25FN6O4S. The number of rotatable bonds is 6. The molecule has 192 valence electrons. The van der Waals surface area contributed by atoms with E-state index in [1.807, 2.05) is 0 Å². The van der Waals surface area contributed by atoms with Crippen molar-refractivity contribution in [3.8, 4) is 0 Å². The number of nitrogens with one attached hydrogen (secondary N) is 1. The largest absolute Gasteiger partial charge is 0.448 e. The molecule has 1 aromatic carbocycles. The van der Waals surface area contributed by atoms with Gasteiger partial charge in [-0.15, -0.1) is 0 Å². The van der Waals surface area contributed by atoms with Crippen molar-refractivity contribution in [1.29, 1.82) is 0 Å². The van der Waals surface area contributed by atoms with Crippen LogP contribution in [-0.2, 0) is 22.0 Å². The van der Waals surface area contributed by atoms with Gasteiger partial charge in [-0.3, -0.25) is 0 Å². The molecule has 1 aliphatic rings. The number of piperidine rings is 1. The van der Waals surface area contributed by atoms with Gasteiger partial charge in [0.05, 0.1) is 28.3 Å². The molecule has 0 radical (unpaired) electrons. The fraction of sp³-hybridized carbons (Fsp3) is 0.320.